The third-order valence-electron chi connectivity index (χ3n) is 8.20. The second-order valence-corrected chi connectivity index (χ2v) is 12.3. The van der Waals surface area contributed by atoms with Crippen molar-refractivity contribution in [2.24, 2.45) is 23.7 Å². The van der Waals surface area contributed by atoms with Crippen LogP contribution in [0.3, 0.4) is 0 Å². The number of nitrogens with zero attached hydrogens (tertiary/aromatic N) is 2. The lowest BCUT2D eigenvalue weighted by atomic mass is 9.49. The Hall–Kier alpha value is -3.10. The minimum atomic E-state index is -1.22. The number of halogens is 2. The third-order valence-corrected chi connectivity index (χ3v) is 11.0. The Bertz CT molecular complexity index is 1340. The van der Waals surface area contributed by atoms with Crippen molar-refractivity contribution in [2.75, 3.05) is 9.80 Å². The Balaban J connectivity index is 1.49. The first kappa shape index (κ1) is 22.1. The number of para-hydroxylation sites is 2. The quantitative estimate of drug-likeness (QED) is 0.318. The molecule has 3 aliphatic carbocycles. The molecule has 4 amide bonds. The highest BCUT2D eigenvalue weighted by Crippen LogP contribution is 2.74. The highest BCUT2D eigenvalue weighted by Gasteiger charge is 2.81. The van der Waals surface area contributed by atoms with Gasteiger partial charge < -0.3 is 0 Å². The summed E-state index contributed by atoms with van der Waals surface area (Å²) in [6.07, 6.45) is 0. The fourth-order valence-electron chi connectivity index (χ4n) is 6.90. The lowest BCUT2D eigenvalue weighted by Gasteiger charge is -2.59. The minimum Gasteiger partial charge on any atom is -0.274 e. The van der Waals surface area contributed by atoms with Gasteiger partial charge in [-0.05, 0) is 35.4 Å². The molecule has 0 aromatic heterocycles. The molecule has 0 radical (unpaired) electrons. The molecular formula is C28H18Br2N2O4. The van der Waals surface area contributed by atoms with Crippen LogP contribution in [0.15, 0.2) is 84.9 Å². The van der Waals surface area contributed by atoms with Gasteiger partial charge in [-0.2, -0.15) is 0 Å². The van der Waals surface area contributed by atoms with Crippen molar-refractivity contribution in [1.82, 2.24) is 0 Å². The molecule has 6 atom stereocenters. The van der Waals surface area contributed by atoms with Gasteiger partial charge in [-0.25, -0.2) is 9.80 Å². The zero-order chi connectivity index (χ0) is 25.0. The fraction of sp³-hybridized carbons (Fsp3) is 0.214. The number of alkyl halides is 2. The molecule has 5 aliphatic rings. The average molecular weight is 606 g/mol. The topological polar surface area (TPSA) is 74.8 Å². The van der Waals surface area contributed by atoms with Gasteiger partial charge in [0.05, 0.1) is 43.7 Å². The normalized spacial score (nSPS) is 34.2. The van der Waals surface area contributed by atoms with Crippen LogP contribution in [0.4, 0.5) is 11.4 Å². The molecule has 2 unspecified atom stereocenters. The van der Waals surface area contributed by atoms with Gasteiger partial charge in [0.2, 0.25) is 23.6 Å². The first-order valence-electron chi connectivity index (χ1n) is 11.7. The highest BCUT2D eigenvalue weighted by atomic mass is 79.9. The molecule has 2 heterocycles. The molecule has 2 bridgehead atoms. The molecule has 2 aliphatic heterocycles. The van der Waals surface area contributed by atoms with Crippen LogP contribution < -0.4 is 9.80 Å². The second kappa shape index (κ2) is 7.23. The van der Waals surface area contributed by atoms with Crippen LogP contribution in [0.25, 0.3) is 0 Å². The van der Waals surface area contributed by atoms with Gasteiger partial charge in [0, 0.05) is 0 Å². The molecule has 0 spiro atoms. The summed E-state index contributed by atoms with van der Waals surface area (Å²) in [5, 5.41) is 0. The van der Waals surface area contributed by atoms with E-state index in [1.807, 2.05) is 36.4 Å². The zero-order valence-electron chi connectivity index (χ0n) is 18.7. The summed E-state index contributed by atoms with van der Waals surface area (Å²) < 4.78 is -2.44. The van der Waals surface area contributed by atoms with Crippen molar-refractivity contribution in [3.8, 4) is 0 Å². The zero-order valence-corrected chi connectivity index (χ0v) is 21.8. The first-order chi connectivity index (χ1) is 17.3. The van der Waals surface area contributed by atoms with Crippen molar-refractivity contribution in [1.29, 1.82) is 0 Å². The van der Waals surface area contributed by atoms with E-state index in [0.29, 0.717) is 11.4 Å². The van der Waals surface area contributed by atoms with E-state index in [4.69, 9.17) is 0 Å². The smallest absolute Gasteiger partial charge is 0.239 e. The summed E-state index contributed by atoms with van der Waals surface area (Å²) in [5.74, 6) is -4.96. The van der Waals surface area contributed by atoms with Gasteiger partial charge in [0.15, 0.2) is 0 Å². The van der Waals surface area contributed by atoms with Crippen molar-refractivity contribution >= 4 is 66.9 Å². The summed E-state index contributed by atoms with van der Waals surface area (Å²) in [6.45, 7) is 0. The van der Waals surface area contributed by atoms with Crippen LogP contribution in [-0.4, -0.2) is 23.6 Å². The van der Waals surface area contributed by atoms with Crippen LogP contribution in [0.1, 0.15) is 11.1 Å². The first-order valence-corrected chi connectivity index (χ1v) is 13.2. The van der Waals surface area contributed by atoms with E-state index in [1.54, 1.807) is 48.5 Å². The van der Waals surface area contributed by atoms with Crippen LogP contribution in [-0.2, 0) is 27.8 Å². The monoisotopic (exact) mass is 604 g/mol. The average Bonchev–Trinajstić information content (AvgIpc) is 3.34. The van der Waals surface area contributed by atoms with Crippen molar-refractivity contribution in [2.45, 2.75) is 8.65 Å². The molecule has 8 heteroatoms. The summed E-state index contributed by atoms with van der Waals surface area (Å²) in [5.41, 5.74) is 2.48. The van der Waals surface area contributed by atoms with Gasteiger partial charge in [-0.3, -0.25) is 19.2 Å². The van der Waals surface area contributed by atoms with Gasteiger partial charge >= 0.3 is 0 Å². The maximum atomic E-state index is 14.1. The van der Waals surface area contributed by atoms with Crippen LogP contribution in [0.5, 0.6) is 0 Å². The third kappa shape index (κ3) is 2.37. The number of rotatable bonds is 2. The molecule has 178 valence electrons. The summed E-state index contributed by atoms with van der Waals surface area (Å²) in [4.78, 5) is 58.7. The summed E-state index contributed by atoms with van der Waals surface area (Å²) in [6, 6.07) is 25.1. The largest absolute Gasteiger partial charge is 0.274 e. The van der Waals surface area contributed by atoms with E-state index in [2.05, 4.69) is 31.9 Å². The SMILES string of the molecule is O=C1[C@@H]2[C@H](C(=O)N1c1ccccc1)C1(Br)c3ccccc3C2(Br)[C@H]2C(=O)N(c3ccccc3)C(=O)[C@@H]21. The second-order valence-electron chi connectivity index (χ2n) is 9.69. The molecule has 36 heavy (non-hydrogen) atoms. The van der Waals surface area contributed by atoms with Gasteiger partial charge in [0.1, 0.15) is 0 Å². The Morgan fingerprint density at radius 3 is 1.06 bits per heavy atom. The standard InChI is InChI=1S/C28H18Br2N2O4/c29-27-17-13-7-8-14-18(17)28(30,20-19(27)23(33)31(24(20)34)15-9-3-1-4-10-15)22-21(27)25(35)32(26(22)36)16-11-5-2-6-12-16/h1-14,19-22H/t19-,20-,21-,22+,27?,28?/m1/s1. The summed E-state index contributed by atoms with van der Waals surface area (Å²) >= 11 is 7.77. The molecule has 6 nitrogen and oxygen atoms in total. The molecule has 3 aromatic carbocycles. The van der Waals surface area contributed by atoms with Crippen LogP contribution in [0, 0.1) is 23.7 Å². The maximum Gasteiger partial charge on any atom is 0.239 e. The van der Waals surface area contributed by atoms with E-state index in [9.17, 15) is 19.2 Å². The van der Waals surface area contributed by atoms with E-state index in [0.717, 1.165) is 11.1 Å². The molecule has 8 rings (SSSR count). The number of carbonyl (C=O) groups is 4. The Labute approximate surface area is 223 Å². The predicted octanol–water partition coefficient (Wildman–Crippen LogP) is 4.51. The lowest BCUT2D eigenvalue weighted by Crippen LogP contribution is -2.65. The highest BCUT2D eigenvalue weighted by molar-refractivity contribution is 9.10. The Morgan fingerprint density at radius 2 is 0.750 bits per heavy atom. The van der Waals surface area contributed by atoms with E-state index >= 15 is 0 Å². The van der Waals surface area contributed by atoms with Crippen molar-refractivity contribution in [3.63, 3.8) is 0 Å². The molecule has 3 fully saturated rings. The van der Waals surface area contributed by atoms with Gasteiger partial charge in [-0.15, -0.1) is 0 Å². The van der Waals surface area contributed by atoms with E-state index in [-0.39, 0.29) is 23.6 Å². The van der Waals surface area contributed by atoms with E-state index in [1.165, 1.54) is 9.80 Å². The summed E-state index contributed by atoms with van der Waals surface area (Å²) in [7, 11) is 0. The molecular weight excluding hydrogens is 588 g/mol. The van der Waals surface area contributed by atoms with Crippen LogP contribution in [0.2, 0.25) is 0 Å². The number of amides is 4. The fourth-order valence-corrected chi connectivity index (χ4v) is 9.44. The Morgan fingerprint density at radius 1 is 0.472 bits per heavy atom. The Kier molecular flexibility index (Phi) is 4.44. The number of carbonyl (C=O) groups excluding carboxylic acids is 4. The number of benzene rings is 3. The predicted molar refractivity (Wildman–Crippen MR) is 139 cm³/mol. The van der Waals surface area contributed by atoms with Gasteiger partial charge in [0.25, 0.3) is 0 Å². The number of anilines is 2. The number of imide groups is 2. The van der Waals surface area contributed by atoms with Crippen LogP contribution >= 0.6 is 31.9 Å². The molecule has 1 saturated carbocycles. The number of hydrogen-bond acceptors (Lipinski definition) is 4. The van der Waals surface area contributed by atoms with Crippen molar-refractivity contribution in [3.05, 3.63) is 96.1 Å². The van der Waals surface area contributed by atoms with Gasteiger partial charge in [-0.1, -0.05) is 92.5 Å². The molecule has 2 saturated heterocycles. The molecule has 0 N–H and O–H groups in total. The lowest BCUT2D eigenvalue weighted by molar-refractivity contribution is -0.137. The van der Waals surface area contributed by atoms with E-state index < -0.39 is 32.3 Å². The minimum absolute atomic E-state index is 0.372. The molecule has 3 aromatic rings. The maximum absolute atomic E-state index is 14.1. The number of hydrogen-bond donors (Lipinski definition) is 0. The van der Waals surface area contributed by atoms with Crippen molar-refractivity contribution < 1.29 is 19.2 Å².